The molecule has 0 radical (unpaired) electrons. The molecule has 0 saturated carbocycles. The molecule has 20 heavy (non-hydrogen) atoms. The fourth-order valence-electron chi connectivity index (χ4n) is 2.72. The number of amides is 1. The summed E-state index contributed by atoms with van der Waals surface area (Å²) < 4.78 is 0. The van der Waals surface area contributed by atoms with Gasteiger partial charge in [0, 0.05) is 35.6 Å². The second-order valence-corrected chi connectivity index (χ2v) is 6.42. The Hall–Kier alpha value is -0.770. The van der Waals surface area contributed by atoms with Gasteiger partial charge in [0.15, 0.2) is 0 Å². The molecule has 1 saturated heterocycles. The molecule has 1 fully saturated rings. The number of nitrogens with one attached hydrogen (secondary N) is 1. The van der Waals surface area contributed by atoms with Crippen molar-refractivity contribution < 1.29 is 4.79 Å². The van der Waals surface area contributed by atoms with Crippen molar-refractivity contribution in [3.63, 3.8) is 0 Å². The summed E-state index contributed by atoms with van der Waals surface area (Å²) >= 11 is 12.0. The Kier molecular flexibility index (Phi) is 5.30. The van der Waals surface area contributed by atoms with Crippen LogP contribution in [0.2, 0.25) is 10.0 Å². The van der Waals surface area contributed by atoms with Crippen LogP contribution < -0.4 is 5.32 Å². The molecule has 0 aromatic heterocycles. The Morgan fingerprint density at radius 1 is 1.35 bits per heavy atom. The van der Waals surface area contributed by atoms with Gasteiger partial charge in [-0.15, -0.1) is 0 Å². The van der Waals surface area contributed by atoms with E-state index in [2.05, 4.69) is 12.2 Å². The molecule has 1 aromatic carbocycles. The molecule has 2 rings (SSSR count). The van der Waals surface area contributed by atoms with Gasteiger partial charge in [0.25, 0.3) is 0 Å². The molecular formula is C15H20Cl2N2O. The van der Waals surface area contributed by atoms with Crippen molar-refractivity contribution in [3.05, 3.63) is 33.8 Å². The second-order valence-electron chi connectivity index (χ2n) is 5.55. The minimum absolute atomic E-state index is 0.117. The van der Waals surface area contributed by atoms with Crippen LogP contribution in [0.25, 0.3) is 0 Å². The van der Waals surface area contributed by atoms with E-state index in [9.17, 15) is 4.79 Å². The highest BCUT2D eigenvalue weighted by Crippen LogP contribution is 2.22. The summed E-state index contributed by atoms with van der Waals surface area (Å²) in [5.41, 5.74) is 0.959. The van der Waals surface area contributed by atoms with E-state index < -0.39 is 0 Å². The van der Waals surface area contributed by atoms with Gasteiger partial charge in [-0.3, -0.25) is 4.79 Å². The molecule has 1 N–H and O–H groups in total. The molecule has 1 aliphatic heterocycles. The van der Waals surface area contributed by atoms with Crippen molar-refractivity contribution in [2.24, 2.45) is 5.92 Å². The van der Waals surface area contributed by atoms with E-state index in [-0.39, 0.29) is 11.8 Å². The average Bonchev–Trinajstić information content (AvgIpc) is 2.36. The predicted molar refractivity (Wildman–Crippen MR) is 83.1 cm³/mol. The van der Waals surface area contributed by atoms with Gasteiger partial charge in [0.1, 0.15) is 0 Å². The summed E-state index contributed by atoms with van der Waals surface area (Å²) in [5, 5.41) is 4.57. The van der Waals surface area contributed by atoms with E-state index in [1.165, 1.54) is 0 Å². The fraction of sp³-hybridized carbons (Fsp3) is 0.533. The van der Waals surface area contributed by atoms with Crippen molar-refractivity contribution >= 4 is 29.1 Å². The van der Waals surface area contributed by atoms with Crippen molar-refractivity contribution in [2.45, 2.75) is 32.4 Å². The van der Waals surface area contributed by atoms with Gasteiger partial charge in [-0.1, -0.05) is 23.2 Å². The predicted octanol–water partition coefficient (Wildman–Crippen LogP) is 3.34. The number of nitrogens with zero attached hydrogens (tertiary/aromatic N) is 1. The van der Waals surface area contributed by atoms with Crippen LogP contribution in [0.5, 0.6) is 0 Å². The Labute approximate surface area is 130 Å². The Morgan fingerprint density at radius 2 is 2.00 bits per heavy atom. The first-order valence-corrected chi connectivity index (χ1v) is 7.64. The number of halogens is 2. The van der Waals surface area contributed by atoms with E-state index in [0.29, 0.717) is 22.6 Å². The number of hydrogen-bond donors (Lipinski definition) is 1. The zero-order valence-electron chi connectivity index (χ0n) is 11.8. The molecular weight excluding hydrogens is 295 g/mol. The minimum Gasteiger partial charge on any atom is -0.341 e. The Morgan fingerprint density at radius 3 is 2.60 bits per heavy atom. The second kappa shape index (κ2) is 6.79. The summed E-state index contributed by atoms with van der Waals surface area (Å²) in [5.74, 6) is 0.320. The van der Waals surface area contributed by atoms with Gasteiger partial charge in [0.05, 0.1) is 0 Å². The normalized spacial score (nSPS) is 22.6. The van der Waals surface area contributed by atoms with Gasteiger partial charge >= 0.3 is 0 Å². The Balaban J connectivity index is 1.99. The van der Waals surface area contributed by atoms with Crippen LogP contribution in [-0.2, 0) is 11.3 Å². The Bertz CT molecular complexity index is 473. The molecule has 1 amide bonds. The third kappa shape index (κ3) is 4.11. The van der Waals surface area contributed by atoms with Crippen LogP contribution in [0.3, 0.4) is 0 Å². The molecule has 110 valence electrons. The number of carbonyl (C=O) groups excluding carboxylic acids is 1. The largest absolute Gasteiger partial charge is 0.341 e. The van der Waals surface area contributed by atoms with Gasteiger partial charge in [-0.25, -0.2) is 0 Å². The lowest BCUT2D eigenvalue weighted by molar-refractivity contribution is -0.135. The van der Waals surface area contributed by atoms with E-state index in [1.807, 2.05) is 19.2 Å². The highest BCUT2D eigenvalue weighted by Gasteiger charge is 2.27. The monoisotopic (exact) mass is 314 g/mol. The van der Waals surface area contributed by atoms with Crippen LogP contribution in [0.1, 0.15) is 25.3 Å². The summed E-state index contributed by atoms with van der Waals surface area (Å²) in [4.78, 5) is 14.2. The minimum atomic E-state index is 0.117. The van der Waals surface area contributed by atoms with Crippen LogP contribution in [0, 0.1) is 5.92 Å². The first kappa shape index (κ1) is 15.6. The first-order chi connectivity index (χ1) is 9.45. The summed E-state index contributed by atoms with van der Waals surface area (Å²) in [6, 6.07) is 5.81. The number of piperidine rings is 1. The average molecular weight is 315 g/mol. The summed E-state index contributed by atoms with van der Waals surface area (Å²) in [6.07, 6.45) is 1.81. The molecule has 1 aromatic rings. The summed E-state index contributed by atoms with van der Waals surface area (Å²) in [7, 11) is 1.84. The van der Waals surface area contributed by atoms with Gasteiger partial charge in [-0.05, 0) is 50.1 Å². The molecule has 3 nitrogen and oxygen atoms in total. The maximum atomic E-state index is 12.5. The lowest BCUT2D eigenvalue weighted by Crippen LogP contribution is -2.42. The maximum absolute atomic E-state index is 12.5. The van der Waals surface area contributed by atoms with Crippen LogP contribution in [0.15, 0.2) is 18.2 Å². The number of hydrogen-bond acceptors (Lipinski definition) is 2. The first-order valence-electron chi connectivity index (χ1n) is 6.89. The molecule has 0 spiro atoms. The lowest BCUT2D eigenvalue weighted by atomic mass is 9.92. The molecule has 5 heteroatoms. The molecule has 0 aliphatic carbocycles. The van der Waals surface area contributed by atoms with Crippen molar-refractivity contribution in [2.75, 3.05) is 13.6 Å². The van der Waals surface area contributed by atoms with Crippen molar-refractivity contribution in [1.82, 2.24) is 10.2 Å². The van der Waals surface area contributed by atoms with Crippen molar-refractivity contribution in [1.29, 1.82) is 0 Å². The van der Waals surface area contributed by atoms with Gasteiger partial charge in [0.2, 0.25) is 5.91 Å². The van der Waals surface area contributed by atoms with Crippen LogP contribution >= 0.6 is 23.2 Å². The number of benzene rings is 1. The molecule has 2 unspecified atom stereocenters. The third-order valence-electron chi connectivity index (χ3n) is 3.69. The topological polar surface area (TPSA) is 32.3 Å². The van der Waals surface area contributed by atoms with Gasteiger partial charge < -0.3 is 10.2 Å². The zero-order valence-corrected chi connectivity index (χ0v) is 13.3. The van der Waals surface area contributed by atoms with Crippen LogP contribution in [-0.4, -0.2) is 30.4 Å². The number of carbonyl (C=O) groups is 1. The lowest BCUT2D eigenvalue weighted by Gasteiger charge is -2.30. The zero-order chi connectivity index (χ0) is 14.7. The van der Waals surface area contributed by atoms with E-state index in [4.69, 9.17) is 23.2 Å². The summed E-state index contributed by atoms with van der Waals surface area (Å²) in [6.45, 7) is 3.57. The highest BCUT2D eigenvalue weighted by molar-refractivity contribution is 6.34. The van der Waals surface area contributed by atoms with E-state index in [1.54, 1.807) is 11.0 Å². The molecule has 1 heterocycles. The van der Waals surface area contributed by atoms with E-state index >= 15 is 0 Å². The maximum Gasteiger partial charge on any atom is 0.225 e. The van der Waals surface area contributed by atoms with Crippen LogP contribution in [0.4, 0.5) is 0 Å². The number of rotatable bonds is 3. The molecule has 2 atom stereocenters. The van der Waals surface area contributed by atoms with E-state index in [0.717, 1.165) is 24.9 Å². The molecule has 1 aliphatic rings. The smallest absolute Gasteiger partial charge is 0.225 e. The SMILES string of the molecule is CC1CC(C(=O)N(C)Cc2cc(Cl)cc(Cl)c2)CCN1. The fourth-order valence-corrected chi connectivity index (χ4v) is 3.29. The van der Waals surface area contributed by atoms with Crippen molar-refractivity contribution in [3.8, 4) is 0 Å². The quantitative estimate of drug-likeness (QED) is 0.928. The molecule has 0 bridgehead atoms. The van der Waals surface area contributed by atoms with Gasteiger partial charge in [-0.2, -0.15) is 0 Å². The highest BCUT2D eigenvalue weighted by atomic mass is 35.5. The standard InChI is InChI=1S/C15H20Cl2N2O/c1-10-5-12(3-4-18-10)15(20)19(2)9-11-6-13(16)8-14(17)7-11/h6-8,10,12,18H,3-5,9H2,1-2H3. The third-order valence-corrected chi connectivity index (χ3v) is 4.13.